The lowest BCUT2D eigenvalue weighted by Gasteiger charge is -2.13. The Kier molecular flexibility index (Phi) is 9.67. The largest absolute Gasteiger partial charge is 0.416 e. The summed E-state index contributed by atoms with van der Waals surface area (Å²) in [4.78, 5) is 22.0. The summed E-state index contributed by atoms with van der Waals surface area (Å²) in [6.45, 7) is 3.18. The lowest BCUT2D eigenvalue weighted by atomic mass is 10.0. The van der Waals surface area contributed by atoms with Crippen LogP contribution in [0.5, 0.6) is 0 Å². The molecule has 0 saturated carbocycles. The number of hydrogen-bond donors (Lipinski definition) is 1. The summed E-state index contributed by atoms with van der Waals surface area (Å²) in [5, 5.41) is 8.63. The summed E-state index contributed by atoms with van der Waals surface area (Å²) in [7, 11) is 1.23. The van der Waals surface area contributed by atoms with Gasteiger partial charge in [-0.15, -0.1) is 0 Å². The summed E-state index contributed by atoms with van der Waals surface area (Å²) >= 11 is 0. The monoisotopic (exact) mass is 483 g/mol. The Morgan fingerprint density at radius 1 is 1.00 bits per heavy atom. The highest BCUT2D eigenvalue weighted by atomic mass is 19.4. The van der Waals surface area contributed by atoms with Crippen molar-refractivity contribution in [2.24, 2.45) is 15.7 Å². The van der Waals surface area contributed by atoms with E-state index in [4.69, 9.17) is 11.0 Å². The summed E-state index contributed by atoms with van der Waals surface area (Å²) in [6.07, 6.45) is -4.01. The average molecular weight is 483 g/mol. The molecule has 34 heavy (non-hydrogen) atoms. The second kappa shape index (κ2) is 11.7. The van der Waals surface area contributed by atoms with E-state index in [1.165, 1.54) is 32.6 Å². The molecule has 2 N–H and O–H groups in total. The number of halogens is 6. The minimum absolute atomic E-state index is 0.0619. The maximum absolute atomic E-state index is 12.6. The first-order valence-corrected chi connectivity index (χ1v) is 9.35. The zero-order chi connectivity index (χ0) is 26.1. The molecule has 2 aromatic rings. The molecule has 0 aliphatic carbocycles. The van der Waals surface area contributed by atoms with Crippen LogP contribution in [0.4, 0.5) is 26.3 Å². The van der Waals surface area contributed by atoms with Gasteiger partial charge in [0.2, 0.25) is 5.91 Å². The van der Waals surface area contributed by atoms with E-state index in [0.29, 0.717) is 28.8 Å². The topological polar surface area (TPSA) is 104 Å². The molecule has 0 aliphatic heterocycles. The lowest BCUT2D eigenvalue weighted by Crippen LogP contribution is -2.13. The van der Waals surface area contributed by atoms with Gasteiger partial charge in [0, 0.05) is 42.4 Å². The van der Waals surface area contributed by atoms with Gasteiger partial charge in [-0.05, 0) is 38.1 Å². The van der Waals surface area contributed by atoms with E-state index in [-0.39, 0.29) is 17.5 Å². The molecule has 12 heteroatoms. The Morgan fingerprint density at radius 2 is 1.56 bits per heavy atom. The fourth-order valence-electron chi connectivity index (χ4n) is 2.57. The standard InChI is InChI=1S/C12H10F6N2.C10H9N3O/c1-3-20-10(19-2)7-4-8(11(13,14)15)6-9(5-7)12(16,17)18;1-2-9(10(12)14)8-3-7(4-11)5-13-6-8/h3-6H,1-2H3;2-3,5-6H,1H3,(H2,12,14)/b;9-2+. The smallest absolute Gasteiger partial charge is 0.366 e. The van der Waals surface area contributed by atoms with Gasteiger partial charge in [0.05, 0.1) is 16.7 Å². The molecule has 0 unspecified atom stereocenters. The van der Waals surface area contributed by atoms with Crippen molar-refractivity contribution in [2.75, 3.05) is 7.05 Å². The van der Waals surface area contributed by atoms with Crippen LogP contribution in [0.25, 0.3) is 5.57 Å². The van der Waals surface area contributed by atoms with Crippen LogP contribution in [0.15, 0.2) is 52.7 Å². The van der Waals surface area contributed by atoms with Crippen LogP contribution in [0.1, 0.15) is 41.7 Å². The van der Waals surface area contributed by atoms with E-state index in [9.17, 15) is 31.1 Å². The molecule has 0 radical (unpaired) electrons. The molecule has 0 spiro atoms. The van der Waals surface area contributed by atoms with Crippen LogP contribution in [-0.2, 0) is 17.1 Å². The molecule has 0 aliphatic rings. The summed E-state index contributed by atoms with van der Waals surface area (Å²) in [5.41, 5.74) is 3.37. The van der Waals surface area contributed by atoms with Gasteiger partial charge in [-0.2, -0.15) is 31.6 Å². The lowest BCUT2D eigenvalue weighted by molar-refractivity contribution is -0.143. The van der Waals surface area contributed by atoms with Gasteiger partial charge < -0.3 is 5.73 Å². The van der Waals surface area contributed by atoms with Crippen LogP contribution >= 0.6 is 0 Å². The maximum Gasteiger partial charge on any atom is 0.416 e. The highest BCUT2D eigenvalue weighted by Gasteiger charge is 2.37. The fourth-order valence-corrected chi connectivity index (χ4v) is 2.57. The zero-order valence-electron chi connectivity index (χ0n) is 18.2. The van der Waals surface area contributed by atoms with E-state index >= 15 is 0 Å². The van der Waals surface area contributed by atoms with Crippen molar-refractivity contribution in [2.45, 2.75) is 26.2 Å². The number of allylic oxidation sites excluding steroid dienone is 1. The van der Waals surface area contributed by atoms with Crippen molar-refractivity contribution >= 4 is 23.5 Å². The second-order valence-electron chi connectivity index (χ2n) is 6.37. The quantitative estimate of drug-likeness (QED) is 0.286. The van der Waals surface area contributed by atoms with Crippen LogP contribution in [0.3, 0.4) is 0 Å². The van der Waals surface area contributed by atoms with Gasteiger partial charge in [-0.3, -0.25) is 14.8 Å². The number of nitrogens with two attached hydrogens (primary N) is 1. The maximum atomic E-state index is 12.6. The third kappa shape index (κ3) is 7.84. The number of nitrogens with zero attached hydrogens (tertiary/aromatic N) is 4. The minimum atomic E-state index is -4.88. The first kappa shape index (κ1) is 28.0. The van der Waals surface area contributed by atoms with E-state index in [0.717, 1.165) is 0 Å². The third-order valence-electron chi connectivity index (χ3n) is 4.04. The van der Waals surface area contributed by atoms with Crippen LogP contribution in [0.2, 0.25) is 0 Å². The Bertz CT molecular complexity index is 1130. The van der Waals surface area contributed by atoms with Gasteiger partial charge in [-0.25, -0.2) is 4.99 Å². The van der Waals surface area contributed by atoms with E-state index < -0.39 is 29.4 Å². The minimum Gasteiger partial charge on any atom is -0.366 e. The number of amides is 1. The number of nitriles is 1. The molecule has 0 fully saturated rings. The normalized spacial score (nSPS) is 12.7. The molecule has 6 nitrogen and oxygen atoms in total. The van der Waals surface area contributed by atoms with Crippen molar-refractivity contribution < 1.29 is 31.1 Å². The Balaban J connectivity index is 0.000000362. The third-order valence-corrected chi connectivity index (χ3v) is 4.04. The highest BCUT2D eigenvalue weighted by Crippen LogP contribution is 2.36. The number of pyridine rings is 1. The van der Waals surface area contributed by atoms with Crippen LogP contribution in [0, 0.1) is 11.3 Å². The predicted molar refractivity (Wildman–Crippen MR) is 115 cm³/mol. The van der Waals surface area contributed by atoms with E-state index in [1.54, 1.807) is 19.1 Å². The number of amidine groups is 1. The zero-order valence-corrected chi connectivity index (χ0v) is 18.2. The van der Waals surface area contributed by atoms with Gasteiger partial charge >= 0.3 is 12.4 Å². The number of aromatic nitrogens is 1. The number of primary amides is 1. The van der Waals surface area contributed by atoms with E-state index in [1.807, 2.05) is 6.07 Å². The molecule has 0 atom stereocenters. The number of rotatable bonds is 3. The SMILES string of the molecule is C/C=C(/C(N)=O)c1cncc(C#N)c1.CC=NC(=NC)c1cc(C(F)(F)F)cc(C(F)(F)F)c1. The first-order valence-electron chi connectivity index (χ1n) is 9.35. The number of alkyl halides is 6. The molecule has 180 valence electrons. The van der Waals surface area contributed by atoms with Crippen molar-refractivity contribution in [1.29, 1.82) is 5.26 Å². The molecule has 0 saturated heterocycles. The number of aliphatic imine (C=N–C) groups is 2. The Labute approximate surface area is 191 Å². The van der Waals surface area contributed by atoms with Crippen LogP contribution < -0.4 is 5.73 Å². The molecule has 1 aromatic heterocycles. The Morgan fingerprint density at radius 3 is 1.94 bits per heavy atom. The van der Waals surface area contributed by atoms with E-state index in [2.05, 4.69) is 15.0 Å². The molecular weight excluding hydrogens is 464 g/mol. The van der Waals surface area contributed by atoms with Crippen molar-refractivity contribution in [3.63, 3.8) is 0 Å². The first-order chi connectivity index (χ1) is 15.8. The highest BCUT2D eigenvalue weighted by molar-refractivity contribution is 6.18. The molecule has 1 heterocycles. The average Bonchev–Trinajstić information content (AvgIpc) is 2.76. The molecule has 2 rings (SSSR count). The fraction of sp³-hybridized carbons (Fsp3) is 0.227. The van der Waals surface area contributed by atoms with Gasteiger partial charge in [0.15, 0.2) is 5.84 Å². The number of hydrogen-bond acceptors (Lipinski definition) is 4. The number of benzene rings is 1. The predicted octanol–water partition coefficient (Wildman–Crippen LogP) is 5.03. The molecule has 1 amide bonds. The van der Waals surface area contributed by atoms with Gasteiger partial charge in [-0.1, -0.05) is 6.08 Å². The van der Waals surface area contributed by atoms with Crippen molar-refractivity contribution in [3.8, 4) is 6.07 Å². The van der Waals surface area contributed by atoms with Gasteiger partial charge in [0.25, 0.3) is 0 Å². The van der Waals surface area contributed by atoms with Crippen molar-refractivity contribution in [1.82, 2.24) is 4.98 Å². The van der Waals surface area contributed by atoms with Crippen LogP contribution in [-0.4, -0.2) is 30.0 Å². The molecule has 1 aromatic carbocycles. The number of carbonyl (C=O) groups is 1. The summed E-state index contributed by atoms with van der Waals surface area (Å²) in [6, 6.07) is 4.76. The molecular formula is C22H19F6N5O. The Hall–Kier alpha value is -4.01. The number of carbonyl (C=O) groups excluding carboxylic acids is 1. The summed E-state index contributed by atoms with van der Waals surface area (Å²) in [5.74, 6) is -0.728. The second-order valence-corrected chi connectivity index (χ2v) is 6.37. The van der Waals surface area contributed by atoms with Gasteiger partial charge in [0.1, 0.15) is 6.07 Å². The molecule has 0 bridgehead atoms. The summed E-state index contributed by atoms with van der Waals surface area (Å²) < 4.78 is 75.9. The van der Waals surface area contributed by atoms with Crippen molar-refractivity contribution in [3.05, 3.63) is 70.6 Å².